The van der Waals surface area contributed by atoms with Gasteiger partial charge in [-0.15, -0.1) is 21.5 Å². The Labute approximate surface area is 109 Å². The maximum Gasteiger partial charge on any atom is 0.140 e. The topological polar surface area (TPSA) is 42.9 Å². The van der Waals surface area contributed by atoms with Gasteiger partial charge in [-0.05, 0) is 31.0 Å². The zero-order chi connectivity index (χ0) is 13.0. The van der Waals surface area contributed by atoms with E-state index < -0.39 is 0 Å². The Balaban J connectivity index is 1.83. The van der Waals surface area contributed by atoms with Crippen molar-refractivity contribution in [2.24, 2.45) is 0 Å². The Morgan fingerprint density at radius 3 is 2.61 bits per heavy atom. The molecule has 0 amide bonds. The fourth-order valence-corrected chi connectivity index (χ4v) is 2.34. The van der Waals surface area contributed by atoms with Crippen LogP contribution in [0.2, 0.25) is 0 Å². The van der Waals surface area contributed by atoms with E-state index in [0.29, 0.717) is 19.3 Å². The van der Waals surface area contributed by atoms with Gasteiger partial charge < -0.3 is 0 Å². The van der Waals surface area contributed by atoms with Crippen LogP contribution in [0.1, 0.15) is 22.0 Å². The maximum atomic E-state index is 12.7. The normalized spacial score (nSPS) is 10.6. The monoisotopic (exact) mass is 264 g/mol. The molecule has 2 rings (SSSR count). The van der Waals surface area contributed by atoms with Crippen LogP contribution >= 0.6 is 11.3 Å². The van der Waals surface area contributed by atoms with Crippen molar-refractivity contribution in [2.45, 2.75) is 26.2 Å². The third-order valence-electron chi connectivity index (χ3n) is 2.52. The Kier molecular flexibility index (Phi) is 4.15. The van der Waals surface area contributed by atoms with Crippen LogP contribution in [0.3, 0.4) is 0 Å². The van der Waals surface area contributed by atoms with Crippen LogP contribution in [0, 0.1) is 12.7 Å². The number of halogens is 1. The van der Waals surface area contributed by atoms with Crippen molar-refractivity contribution >= 4 is 17.1 Å². The number of nitrogens with zero attached hydrogens (tertiary/aromatic N) is 2. The molecule has 1 aromatic carbocycles. The van der Waals surface area contributed by atoms with Crippen molar-refractivity contribution in [2.75, 3.05) is 0 Å². The SMILES string of the molecule is Cc1nnc(CC(=O)CCc2ccc(F)cc2)s1. The summed E-state index contributed by atoms with van der Waals surface area (Å²) < 4.78 is 12.7. The van der Waals surface area contributed by atoms with Crippen LogP contribution in [0.25, 0.3) is 0 Å². The highest BCUT2D eigenvalue weighted by molar-refractivity contribution is 7.11. The minimum absolute atomic E-state index is 0.135. The molecule has 0 fully saturated rings. The summed E-state index contributed by atoms with van der Waals surface area (Å²) in [7, 11) is 0. The summed E-state index contributed by atoms with van der Waals surface area (Å²) in [4.78, 5) is 11.7. The molecule has 2 aromatic rings. The van der Waals surface area contributed by atoms with Gasteiger partial charge in [-0.2, -0.15) is 0 Å². The van der Waals surface area contributed by atoms with E-state index in [0.717, 1.165) is 15.6 Å². The molecular weight excluding hydrogens is 251 g/mol. The molecule has 0 radical (unpaired) electrons. The number of carbonyl (C=O) groups is 1. The van der Waals surface area contributed by atoms with E-state index in [-0.39, 0.29) is 11.6 Å². The van der Waals surface area contributed by atoms with Crippen molar-refractivity contribution in [1.29, 1.82) is 0 Å². The molecule has 0 N–H and O–H groups in total. The van der Waals surface area contributed by atoms with Gasteiger partial charge in [0.2, 0.25) is 0 Å². The van der Waals surface area contributed by atoms with Crippen molar-refractivity contribution in [3.8, 4) is 0 Å². The van der Waals surface area contributed by atoms with Gasteiger partial charge in [0.1, 0.15) is 21.6 Å². The molecule has 0 aliphatic carbocycles. The van der Waals surface area contributed by atoms with Crippen LogP contribution in [-0.4, -0.2) is 16.0 Å². The first kappa shape index (κ1) is 12.8. The van der Waals surface area contributed by atoms with E-state index in [1.807, 2.05) is 6.92 Å². The van der Waals surface area contributed by atoms with Crippen LogP contribution < -0.4 is 0 Å². The molecule has 0 unspecified atom stereocenters. The lowest BCUT2D eigenvalue weighted by Crippen LogP contribution is -2.04. The number of aryl methyl sites for hydroxylation is 2. The zero-order valence-electron chi connectivity index (χ0n) is 10.0. The number of Topliss-reactive ketones (excluding diaryl/α,β-unsaturated/α-hetero) is 1. The van der Waals surface area contributed by atoms with Gasteiger partial charge in [0.05, 0.1) is 6.42 Å². The summed E-state index contributed by atoms with van der Waals surface area (Å²) in [6, 6.07) is 6.23. The lowest BCUT2D eigenvalue weighted by molar-refractivity contribution is -0.118. The Morgan fingerprint density at radius 2 is 2.00 bits per heavy atom. The van der Waals surface area contributed by atoms with Crippen molar-refractivity contribution in [3.63, 3.8) is 0 Å². The van der Waals surface area contributed by atoms with Crippen molar-refractivity contribution in [1.82, 2.24) is 10.2 Å². The number of carbonyl (C=O) groups excluding carboxylic acids is 1. The number of hydrogen-bond donors (Lipinski definition) is 0. The standard InChI is InChI=1S/C13H13FN2OS/c1-9-15-16-13(18-9)8-12(17)7-4-10-2-5-11(14)6-3-10/h2-3,5-6H,4,7-8H2,1H3. The van der Waals surface area contributed by atoms with E-state index in [9.17, 15) is 9.18 Å². The molecule has 0 atom stereocenters. The van der Waals surface area contributed by atoms with Gasteiger partial charge in [-0.1, -0.05) is 12.1 Å². The van der Waals surface area contributed by atoms with E-state index in [4.69, 9.17) is 0 Å². The third-order valence-corrected chi connectivity index (χ3v) is 3.36. The second kappa shape index (κ2) is 5.82. The molecule has 18 heavy (non-hydrogen) atoms. The summed E-state index contributed by atoms with van der Waals surface area (Å²) in [6.07, 6.45) is 1.42. The Bertz CT molecular complexity index is 536. The Morgan fingerprint density at radius 1 is 1.28 bits per heavy atom. The number of rotatable bonds is 5. The van der Waals surface area contributed by atoms with Crippen molar-refractivity contribution < 1.29 is 9.18 Å². The smallest absolute Gasteiger partial charge is 0.140 e. The van der Waals surface area contributed by atoms with Gasteiger partial charge >= 0.3 is 0 Å². The predicted molar refractivity (Wildman–Crippen MR) is 68.1 cm³/mol. The fraction of sp³-hybridized carbons (Fsp3) is 0.308. The molecule has 0 spiro atoms. The van der Waals surface area contributed by atoms with E-state index in [2.05, 4.69) is 10.2 Å². The van der Waals surface area contributed by atoms with E-state index >= 15 is 0 Å². The van der Waals surface area contributed by atoms with Gasteiger partial charge in [0, 0.05) is 6.42 Å². The quantitative estimate of drug-likeness (QED) is 0.834. The number of ketones is 1. The molecule has 0 saturated carbocycles. The van der Waals surface area contributed by atoms with Crippen LogP contribution in [0.5, 0.6) is 0 Å². The average Bonchev–Trinajstić information content (AvgIpc) is 2.74. The molecule has 1 heterocycles. The molecule has 5 heteroatoms. The lowest BCUT2D eigenvalue weighted by atomic mass is 10.1. The molecular formula is C13H13FN2OS. The average molecular weight is 264 g/mol. The predicted octanol–water partition coefficient (Wildman–Crippen LogP) is 2.73. The first-order valence-corrected chi connectivity index (χ1v) is 6.50. The van der Waals surface area contributed by atoms with E-state index in [1.54, 1.807) is 12.1 Å². The lowest BCUT2D eigenvalue weighted by Gasteiger charge is -2.00. The second-order valence-electron chi connectivity index (χ2n) is 4.06. The van der Waals surface area contributed by atoms with Crippen LogP contribution in [-0.2, 0) is 17.6 Å². The highest BCUT2D eigenvalue weighted by Gasteiger charge is 2.08. The number of hydrogen-bond acceptors (Lipinski definition) is 4. The molecule has 0 bridgehead atoms. The van der Waals surface area contributed by atoms with Crippen molar-refractivity contribution in [3.05, 3.63) is 45.7 Å². The minimum atomic E-state index is -0.255. The van der Waals surface area contributed by atoms with E-state index in [1.165, 1.54) is 23.5 Å². The summed E-state index contributed by atoms with van der Waals surface area (Å²) in [5, 5.41) is 9.43. The van der Waals surface area contributed by atoms with Gasteiger partial charge in [0.15, 0.2) is 0 Å². The molecule has 0 saturated heterocycles. The Hall–Kier alpha value is -1.62. The van der Waals surface area contributed by atoms with Gasteiger partial charge in [-0.3, -0.25) is 4.79 Å². The molecule has 3 nitrogen and oxygen atoms in total. The fourth-order valence-electron chi connectivity index (χ4n) is 1.60. The summed E-state index contributed by atoms with van der Waals surface area (Å²) >= 11 is 1.45. The van der Waals surface area contributed by atoms with Crippen LogP contribution in [0.4, 0.5) is 4.39 Å². The first-order chi connectivity index (χ1) is 8.63. The zero-order valence-corrected chi connectivity index (χ0v) is 10.8. The highest BCUT2D eigenvalue weighted by atomic mass is 32.1. The summed E-state index contributed by atoms with van der Waals surface area (Å²) in [5.74, 6) is -0.120. The minimum Gasteiger partial charge on any atom is -0.299 e. The van der Waals surface area contributed by atoms with Gasteiger partial charge in [-0.25, -0.2) is 4.39 Å². The number of benzene rings is 1. The first-order valence-electron chi connectivity index (χ1n) is 5.68. The third kappa shape index (κ3) is 3.70. The molecule has 0 aliphatic rings. The molecule has 1 aromatic heterocycles. The molecule has 0 aliphatic heterocycles. The second-order valence-corrected chi connectivity index (χ2v) is 5.32. The highest BCUT2D eigenvalue weighted by Crippen LogP contribution is 2.11. The van der Waals surface area contributed by atoms with Crippen LogP contribution in [0.15, 0.2) is 24.3 Å². The maximum absolute atomic E-state index is 12.7. The molecule has 94 valence electrons. The largest absolute Gasteiger partial charge is 0.299 e. The summed E-state index contributed by atoms with van der Waals surface area (Å²) in [5.41, 5.74) is 0.971. The number of aromatic nitrogens is 2. The summed E-state index contributed by atoms with van der Waals surface area (Å²) in [6.45, 7) is 1.87. The van der Waals surface area contributed by atoms with Gasteiger partial charge in [0.25, 0.3) is 0 Å².